The highest BCUT2D eigenvalue weighted by Crippen LogP contribution is 2.40. The summed E-state index contributed by atoms with van der Waals surface area (Å²) in [7, 11) is -2.22. The Hall–Kier alpha value is -3.16. The van der Waals surface area contributed by atoms with Crippen LogP contribution in [0.25, 0.3) is 10.9 Å². The third-order valence-electron chi connectivity index (χ3n) is 5.61. The van der Waals surface area contributed by atoms with Gasteiger partial charge in [0.25, 0.3) is 0 Å². The van der Waals surface area contributed by atoms with Gasteiger partial charge in [-0.1, -0.05) is 36.4 Å². The second kappa shape index (κ2) is 7.27. The van der Waals surface area contributed by atoms with Crippen LogP contribution in [-0.4, -0.2) is 35.9 Å². The van der Waals surface area contributed by atoms with Crippen molar-refractivity contribution in [2.45, 2.75) is 17.5 Å². The van der Waals surface area contributed by atoms with Gasteiger partial charge in [-0.15, -0.1) is 0 Å². The van der Waals surface area contributed by atoms with Crippen LogP contribution >= 0.6 is 0 Å². The van der Waals surface area contributed by atoms with Crippen molar-refractivity contribution in [3.63, 3.8) is 0 Å². The number of fused-ring (bicyclic) bond motifs is 2. The summed E-state index contributed by atoms with van der Waals surface area (Å²) in [5, 5.41) is 0.799. The molecule has 6 nitrogen and oxygen atoms in total. The highest BCUT2D eigenvalue weighted by Gasteiger charge is 2.39. The van der Waals surface area contributed by atoms with Crippen LogP contribution in [-0.2, 0) is 16.6 Å². The standard InChI is InChI=1S/C23H21N3O3S/c1-29-20-11-3-2-9-18(20)23-19-10-6-14-25(19)15-16-26(23)30(27,28)21-12-4-7-17-8-5-13-24-22(17)21/h2-14,23H,15-16H2,1H3. The Kier molecular flexibility index (Phi) is 4.56. The maximum atomic E-state index is 14.0. The van der Waals surface area contributed by atoms with Crippen LogP contribution < -0.4 is 4.74 Å². The molecule has 5 rings (SSSR count). The quantitative estimate of drug-likeness (QED) is 0.504. The molecule has 3 heterocycles. The maximum absolute atomic E-state index is 14.0. The lowest BCUT2D eigenvalue weighted by molar-refractivity contribution is 0.291. The van der Waals surface area contributed by atoms with Gasteiger partial charge < -0.3 is 9.30 Å². The normalized spacial score (nSPS) is 17.0. The van der Waals surface area contributed by atoms with E-state index in [0.717, 1.165) is 16.6 Å². The summed E-state index contributed by atoms with van der Waals surface area (Å²) in [6.45, 7) is 0.946. The van der Waals surface area contributed by atoms with E-state index in [2.05, 4.69) is 9.55 Å². The van der Waals surface area contributed by atoms with Gasteiger partial charge in [-0.2, -0.15) is 4.31 Å². The van der Waals surface area contributed by atoms with E-state index >= 15 is 0 Å². The van der Waals surface area contributed by atoms with Gasteiger partial charge in [0.2, 0.25) is 10.0 Å². The first-order chi connectivity index (χ1) is 14.6. The Morgan fingerprint density at radius 3 is 2.67 bits per heavy atom. The summed E-state index contributed by atoms with van der Waals surface area (Å²) < 4.78 is 37.2. The fraction of sp³-hybridized carbons (Fsp3) is 0.174. The number of hydrogen-bond acceptors (Lipinski definition) is 4. The number of nitrogens with zero attached hydrogens (tertiary/aromatic N) is 3. The molecule has 7 heteroatoms. The first-order valence-corrected chi connectivity index (χ1v) is 11.2. The Labute approximate surface area is 175 Å². The van der Waals surface area contributed by atoms with E-state index in [9.17, 15) is 8.42 Å². The molecule has 0 spiro atoms. The van der Waals surface area contributed by atoms with Gasteiger partial charge in [0, 0.05) is 42.1 Å². The molecule has 1 aliphatic heterocycles. The van der Waals surface area contributed by atoms with Crippen LogP contribution in [0.15, 0.2) is 84.0 Å². The Bertz CT molecular complexity index is 1330. The Morgan fingerprint density at radius 2 is 1.80 bits per heavy atom. The zero-order valence-corrected chi connectivity index (χ0v) is 17.3. The number of para-hydroxylation sites is 2. The van der Waals surface area contributed by atoms with Crippen molar-refractivity contribution in [2.24, 2.45) is 0 Å². The smallest absolute Gasteiger partial charge is 0.246 e. The second-order valence-corrected chi connectivity index (χ2v) is 9.08. The summed E-state index contributed by atoms with van der Waals surface area (Å²) in [6.07, 6.45) is 3.61. The minimum Gasteiger partial charge on any atom is -0.496 e. The number of rotatable bonds is 4. The minimum atomic E-state index is -3.83. The number of hydrogen-bond donors (Lipinski definition) is 0. The third kappa shape index (κ3) is 2.89. The Morgan fingerprint density at radius 1 is 0.967 bits per heavy atom. The van der Waals surface area contributed by atoms with Gasteiger partial charge in [0.15, 0.2) is 0 Å². The van der Waals surface area contributed by atoms with Crippen LogP contribution in [0.4, 0.5) is 0 Å². The van der Waals surface area contributed by atoms with E-state index in [1.807, 2.05) is 60.8 Å². The molecule has 30 heavy (non-hydrogen) atoms. The van der Waals surface area contributed by atoms with E-state index in [4.69, 9.17) is 4.74 Å². The lowest BCUT2D eigenvalue weighted by atomic mass is 10.0. The van der Waals surface area contributed by atoms with E-state index in [-0.39, 0.29) is 4.90 Å². The first kappa shape index (κ1) is 18.8. The summed E-state index contributed by atoms with van der Waals surface area (Å²) in [5.74, 6) is 0.661. The van der Waals surface area contributed by atoms with E-state index in [1.54, 1.807) is 29.7 Å². The van der Waals surface area contributed by atoms with E-state index < -0.39 is 16.1 Å². The molecule has 0 saturated carbocycles. The highest BCUT2D eigenvalue weighted by molar-refractivity contribution is 7.89. The molecule has 0 bridgehead atoms. The molecule has 0 N–H and O–H groups in total. The summed E-state index contributed by atoms with van der Waals surface area (Å²) in [6, 6.07) is 20.0. The largest absolute Gasteiger partial charge is 0.496 e. The van der Waals surface area contributed by atoms with Crippen LogP contribution in [0.5, 0.6) is 5.75 Å². The zero-order chi connectivity index (χ0) is 20.7. The summed E-state index contributed by atoms with van der Waals surface area (Å²) >= 11 is 0. The summed E-state index contributed by atoms with van der Waals surface area (Å²) in [5.41, 5.74) is 2.22. The second-order valence-electron chi connectivity index (χ2n) is 7.22. The fourth-order valence-corrected chi connectivity index (χ4v) is 5.98. The molecule has 0 aliphatic carbocycles. The predicted octanol–water partition coefficient (Wildman–Crippen LogP) is 3.84. The van der Waals surface area contributed by atoms with Gasteiger partial charge in [-0.3, -0.25) is 4.98 Å². The van der Waals surface area contributed by atoms with Crippen molar-refractivity contribution in [3.8, 4) is 5.75 Å². The van der Waals surface area contributed by atoms with Crippen molar-refractivity contribution < 1.29 is 13.2 Å². The molecule has 0 saturated heterocycles. The van der Waals surface area contributed by atoms with Crippen LogP contribution in [0, 0.1) is 0 Å². The van der Waals surface area contributed by atoms with Gasteiger partial charge in [-0.05, 0) is 30.3 Å². The molecule has 0 radical (unpaired) electrons. The van der Waals surface area contributed by atoms with Crippen molar-refractivity contribution in [2.75, 3.05) is 13.7 Å². The molecular weight excluding hydrogens is 398 g/mol. The number of benzene rings is 2. The molecule has 0 fully saturated rings. The van der Waals surface area contributed by atoms with E-state index in [1.165, 1.54) is 0 Å². The number of pyridine rings is 1. The lowest BCUT2D eigenvalue weighted by Crippen LogP contribution is -2.42. The maximum Gasteiger partial charge on any atom is 0.246 e. The molecule has 0 amide bonds. The predicted molar refractivity (Wildman–Crippen MR) is 115 cm³/mol. The van der Waals surface area contributed by atoms with E-state index in [0.29, 0.717) is 24.4 Å². The third-order valence-corrected chi connectivity index (χ3v) is 7.51. The zero-order valence-electron chi connectivity index (χ0n) is 16.5. The number of sulfonamides is 1. The monoisotopic (exact) mass is 419 g/mol. The number of methoxy groups -OCH3 is 1. The first-order valence-electron chi connectivity index (χ1n) is 9.75. The Balaban J connectivity index is 1.72. The van der Waals surface area contributed by atoms with Crippen molar-refractivity contribution in [1.29, 1.82) is 0 Å². The number of aromatic nitrogens is 2. The molecule has 2 aromatic heterocycles. The number of ether oxygens (including phenoxy) is 1. The molecule has 1 unspecified atom stereocenters. The topological polar surface area (TPSA) is 64.4 Å². The van der Waals surface area contributed by atoms with Crippen molar-refractivity contribution >= 4 is 20.9 Å². The highest BCUT2D eigenvalue weighted by atomic mass is 32.2. The van der Waals surface area contributed by atoms with Crippen LogP contribution in [0.3, 0.4) is 0 Å². The molecular formula is C23H21N3O3S. The van der Waals surface area contributed by atoms with Gasteiger partial charge in [-0.25, -0.2) is 8.42 Å². The van der Waals surface area contributed by atoms with Gasteiger partial charge >= 0.3 is 0 Å². The fourth-order valence-electron chi connectivity index (χ4n) is 4.24. The minimum absolute atomic E-state index is 0.223. The van der Waals surface area contributed by atoms with Gasteiger partial charge in [0.1, 0.15) is 10.6 Å². The molecule has 1 aliphatic rings. The molecule has 2 aromatic carbocycles. The van der Waals surface area contributed by atoms with Crippen molar-refractivity contribution in [1.82, 2.24) is 13.9 Å². The lowest BCUT2D eigenvalue weighted by Gasteiger charge is -2.36. The van der Waals surface area contributed by atoms with Crippen molar-refractivity contribution in [3.05, 3.63) is 90.4 Å². The van der Waals surface area contributed by atoms with Crippen LogP contribution in [0.1, 0.15) is 17.3 Å². The average Bonchev–Trinajstić information content (AvgIpc) is 3.27. The van der Waals surface area contributed by atoms with Crippen LogP contribution in [0.2, 0.25) is 0 Å². The SMILES string of the molecule is COc1ccccc1C1c2cccn2CCN1S(=O)(=O)c1cccc2cccnc12. The molecule has 152 valence electrons. The average molecular weight is 420 g/mol. The molecule has 1 atom stereocenters. The summed E-state index contributed by atoms with van der Waals surface area (Å²) in [4.78, 5) is 4.60. The van der Waals surface area contributed by atoms with Gasteiger partial charge in [0.05, 0.1) is 18.7 Å². The molecule has 4 aromatic rings.